The Hall–Kier alpha value is -3.81. The zero-order chi connectivity index (χ0) is 22.2. The Bertz CT molecular complexity index is 1230. The van der Waals surface area contributed by atoms with Crippen LogP contribution in [0.4, 0.5) is 4.39 Å². The van der Waals surface area contributed by atoms with E-state index in [2.05, 4.69) is 0 Å². The van der Waals surface area contributed by atoms with Crippen LogP contribution in [0.2, 0.25) is 0 Å². The van der Waals surface area contributed by atoms with Gasteiger partial charge in [0.1, 0.15) is 12.7 Å². The summed E-state index contributed by atoms with van der Waals surface area (Å²) >= 11 is 0. The van der Waals surface area contributed by atoms with Gasteiger partial charge in [-0.25, -0.2) is 4.39 Å². The lowest BCUT2D eigenvalue weighted by atomic mass is 9.96. The molecule has 0 fully saturated rings. The number of aromatic hydroxyl groups is 1. The number of para-hydroxylation sites is 1. The van der Waals surface area contributed by atoms with Gasteiger partial charge in [0.2, 0.25) is 5.43 Å². The predicted molar refractivity (Wildman–Crippen MR) is 116 cm³/mol. The van der Waals surface area contributed by atoms with Gasteiger partial charge in [-0.3, -0.25) is 19.3 Å². The molecule has 0 saturated carbocycles. The predicted octanol–water partition coefficient (Wildman–Crippen LogP) is 3.01. The van der Waals surface area contributed by atoms with E-state index in [1.165, 1.54) is 23.0 Å². The normalized spacial score (nSPS) is 18.3. The number of fused-ring (bicyclic) bond motifs is 5. The SMILES string of the molecule is O=C1c2c(O)c(=O)ccn2N2CN1CCCCOc1c(F)cccc1[C@H]2c1ccccc1. The number of benzene rings is 2. The summed E-state index contributed by atoms with van der Waals surface area (Å²) in [6, 6.07) is 15.0. The van der Waals surface area contributed by atoms with E-state index in [1.54, 1.807) is 17.0 Å². The largest absolute Gasteiger partial charge is 0.502 e. The number of carbonyl (C=O) groups is 1. The van der Waals surface area contributed by atoms with Crippen LogP contribution in [0.5, 0.6) is 11.5 Å². The van der Waals surface area contributed by atoms with Gasteiger partial charge in [-0.15, -0.1) is 0 Å². The van der Waals surface area contributed by atoms with Crippen molar-refractivity contribution in [2.45, 2.75) is 18.9 Å². The van der Waals surface area contributed by atoms with Crippen molar-refractivity contribution in [3.63, 3.8) is 0 Å². The van der Waals surface area contributed by atoms with Crippen LogP contribution in [0.15, 0.2) is 65.6 Å². The monoisotopic (exact) mass is 435 g/mol. The van der Waals surface area contributed by atoms with Crippen molar-refractivity contribution in [3.05, 3.63) is 93.7 Å². The maximum atomic E-state index is 14.9. The van der Waals surface area contributed by atoms with Crippen molar-refractivity contribution in [3.8, 4) is 11.5 Å². The van der Waals surface area contributed by atoms with Gasteiger partial charge in [0.05, 0.1) is 6.61 Å². The molecule has 1 aromatic heterocycles. The van der Waals surface area contributed by atoms with Crippen molar-refractivity contribution in [2.75, 3.05) is 24.8 Å². The Morgan fingerprint density at radius 3 is 2.62 bits per heavy atom. The second-order valence-electron chi connectivity index (χ2n) is 7.90. The molecule has 1 N–H and O–H groups in total. The third kappa shape index (κ3) is 3.28. The van der Waals surface area contributed by atoms with E-state index in [0.29, 0.717) is 31.6 Å². The summed E-state index contributed by atoms with van der Waals surface area (Å²) in [5.41, 5.74) is 0.724. The number of rotatable bonds is 1. The average molecular weight is 435 g/mol. The molecule has 3 heterocycles. The van der Waals surface area contributed by atoms with Gasteiger partial charge >= 0.3 is 0 Å². The molecule has 0 radical (unpaired) electrons. The van der Waals surface area contributed by atoms with Crippen LogP contribution in [0.1, 0.15) is 40.5 Å². The Labute approximate surface area is 183 Å². The average Bonchev–Trinajstić information content (AvgIpc) is 2.83. The zero-order valence-corrected chi connectivity index (χ0v) is 17.3. The maximum Gasteiger partial charge on any atom is 0.277 e. The first-order chi connectivity index (χ1) is 15.6. The highest BCUT2D eigenvalue weighted by atomic mass is 19.1. The highest BCUT2D eigenvalue weighted by molar-refractivity contribution is 5.96. The quantitative estimate of drug-likeness (QED) is 0.636. The van der Waals surface area contributed by atoms with Gasteiger partial charge < -0.3 is 14.7 Å². The van der Waals surface area contributed by atoms with Crippen LogP contribution in [0.3, 0.4) is 0 Å². The minimum absolute atomic E-state index is 0.0946. The van der Waals surface area contributed by atoms with E-state index in [1.807, 2.05) is 35.3 Å². The molecule has 3 aromatic rings. The van der Waals surface area contributed by atoms with Crippen LogP contribution in [0.25, 0.3) is 0 Å². The van der Waals surface area contributed by atoms with Gasteiger partial charge in [0.25, 0.3) is 5.91 Å². The number of hydrogen-bond donors (Lipinski definition) is 1. The minimum Gasteiger partial charge on any atom is -0.502 e. The number of halogens is 1. The molecule has 0 saturated heterocycles. The van der Waals surface area contributed by atoms with Crippen molar-refractivity contribution in [1.82, 2.24) is 9.58 Å². The molecule has 32 heavy (non-hydrogen) atoms. The molecule has 2 aliphatic rings. The molecule has 2 aromatic carbocycles. The van der Waals surface area contributed by atoms with Crippen molar-refractivity contribution in [2.24, 2.45) is 0 Å². The smallest absolute Gasteiger partial charge is 0.277 e. The lowest BCUT2D eigenvalue weighted by Crippen LogP contribution is -2.55. The van der Waals surface area contributed by atoms with Crippen LogP contribution >= 0.6 is 0 Å². The molecular weight excluding hydrogens is 413 g/mol. The van der Waals surface area contributed by atoms with Crippen LogP contribution in [-0.4, -0.2) is 40.4 Å². The third-order valence-corrected chi connectivity index (χ3v) is 5.91. The van der Waals surface area contributed by atoms with Crippen LogP contribution in [-0.2, 0) is 0 Å². The summed E-state index contributed by atoms with van der Waals surface area (Å²) in [5.74, 6) is -1.30. The fourth-order valence-electron chi connectivity index (χ4n) is 4.39. The first kappa shape index (κ1) is 20.1. The fraction of sp³-hybridized carbons (Fsp3) is 0.250. The summed E-state index contributed by atoms with van der Waals surface area (Å²) in [4.78, 5) is 26.9. The van der Waals surface area contributed by atoms with Crippen LogP contribution in [0, 0.1) is 5.82 Å². The van der Waals surface area contributed by atoms with E-state index in [4.69, 9.17) is 4.74 Å². The number of carbonyl (C=O) groups excluding carboxylic acids is 1. The second kappa shape index (κ2) is 8.03. The summed E-state index contributed by atoms with van der Waals surface area (Å²) < 4.78 is 22.3. The summed E-state index contributed by atoms with van der Waals surface area (Å²) in [6.07, 6.45) is 2.74. The highest BCUT2D eigenvalue weighted by Crippen LogP contribution is 2.38. The van der Waals surface area contributed by atoms with E-state index in [-0.39, 0.29) is 18.1 Å². The summed E-state index contributed by atoms with van der Waals surface area (Å²) in [5, 5.41) is 12.4. The Balaban J connectivity index is 1.80. The summed E-state index contributed by atoms with van der Waals surface area (Å²) in [7, 11) is 0. The Kier molecular flexibility index (Phi) is 5.05. The molecule has 1 atom stereocenters. The standard InChI is InChI=1S/C24H22FN3O4/c25-18-10-6-9-17-20(16-7-2-1-3-8-16)28-15-26(12-4-5-14-32-23(17)18)24(31)21-22(30)19(29)11-13-27(21)28/h1-3,6-11,13,20,30H,4-5,12,14-15H2/t20-/m1/s1. The first-order valence-corrected chi connectivity index (χ1v) is 10.5. The lowest BCUT2D eigenvalue weighted by molar-refractivity contribution is 0.0676. The number of pyridine rings is 1. The van der Waals surface area contributed by atoms with Crippen LogP contribution < -0.4 is 15.2 Å². The van der Waals surface area contributed by atoms with Gasteiger partial charge in [-0.05, 0) is 24.5 Å². The second-order valence-corrected chi connectivity index (χ2v) is 7.90. The van der Waals surface area contributed by atoms with Gasteiger partial charge in [0, 0.05) is 24.4 Å². The summed E-state index contributed by atoms with van der Waals surface area (Å²) in [6.45, 7) is 0.929. The molecule has 0 unspecified atom stereocenters. The maximum absolute atomic E-state index is 14.9. The molecule has 7 nitrogen and oxygen atoms in total. The van der Waals surface area contributed by atoms with Gasteiger partial charge in [-0.1, -0.05) is 42.5 Å². The van der Waals surface area contributed by atoms with E-state index < -0.39 is 28.9 Å². The first-order valence-electron chi connectivity index (χ1n) is 10.5. The molecule has 5 rings (SSSR count). The minimum atomic E-state index is -0.623. The number of aromatic nitrogens is 1. The molecule has 0 aliphatic carbocycles. The topological polar surface area (TPSA) is 75.0 Å². The fourth-order valence-corrected chi connectivity index (χ4v) is 4.39. The lowest BCUT2D eigenvalue weighted by Gasteiger charge is -2.44. The molecule has 0 spiro atoms. The van der Waals surface area contributed by atoms with Crippen molar-refractivity contribution in [1.29, 1.82) is 0 Å². The van der Waals surface area contributed by atoms with Gasteiger partial charge in [-0.2, -0.15) is 0 Å². The van der Waals surface area contributed by atoms with E-state index in [0.717, 1.165) is 5.56 Å². The molecule has 2 bridgehead atoms. The molecular formula is C24H22FN3O4. The molecule has 1 amide bonds. The Morgan fingerprint density at radius 2 is 1.81 bits per heavy atom. The highest BCUT2D eigenvalue weighted by Gasteiger charge is 2.37. The van der Waals surface area contributed by atoms with E-state index >= 15 is 0 Å². The number of ether oxygens (including phenoxy) is 1. The molecule has 8 heteroatoms. The Morgan fingerprint density at radius 1 is 1.00 bits per heavy atom. The van der Waals surface area contributed by atoms with Crippen molar-refractivity contribution < 1.29 is 19.0 Å². The third-order valence-electron chi connectivity index (χ3n) is 5.91. The van der Waals surface area contributed by atoms with Gasteiger partial charge in [0.15, 0.2) is 23.0 Å². The molecule has 2 aliphatic heterocycles. The van der Waals surface area contributed by atoms with Crippen molar-refractivity contribution >= 4 is 5.91 Å². The number of nitrogens with zero attached hydrogens (tertiary/aromatic N) is 3. The number of amides is 1. The number of hydrogen-bond acceptors (Lipinski definition) is 5. The van der Waals surface area contributed by atoms with E-state index in [9.17, 15) is 19.1 Å². The molecule has 164 valence electrons. The zero-order valence-electron chi connectivity index (χ0n) is 17.3.